The zero-order valence-corrected chi connectivity index (χ0v) is 14.6. The van der Waals surface area contributed by atoms with Crippen molar-refractivity contribution < 1.29 is 4.39 Å². The van der Waals surface area contributed by atoms with Crippen molar-refractivity contribution in [3.63, 3.8) is 0 Å². The summed E-state index contributed by atoms with van der Waals surface area (Å²) in [7, 11) is 0. The summed E-state index contributed by atoms with van der Waals surface area (Å²) in [6, 6.07) is 7.69. The van der Waals surface area contributed by atoms with Crippen molar-refractivity contribution in [1.82, 2.24) is 19.7 Å². The van der Waals surface area contributed by atoms with Crippen LogP contribution < -0.4 is 5.32 Å². The lowest BCUT2D eigenvalue weighted by Crippen LogP contribution is -2.38. The van der Waals surface area contributed by atoms with E-state index in [1.165, 1.54) is 15.6 Å². The minimum Gasteiger partial charge on any atom is -0.380 e. The Kier molecular flexibility index (Phi) is 4.76. The fraction of sp³-hybridized carbons (Fsp3) is 0.333. The van der Waals surface area contributed by atoms with Crippen molar-refractivity contribution in [3.8, 4) is 5.82 Å². The van der Waals surface area contributed by atoms with Gasteiger partial charge in [-0.1, -0.05) is 6.07 Å². The van der Waals surface area contributed by atoms with Crippen LogP contribution in [0.3, 0.4) is 0 Å². The number of likely N-dealkylation sites (tertiary alicyclic amines) is 1. The van der Waals surface area contributed by atoms with Crippen molar-refractivity contribution in [3.05, 3.63) is 58.9 Å². The molecule has 0 saturated carbocycles. The molecule has 0 atom stereocenters. The molecule has 3 aromatic heterocycles. The highest BCUT2D eigenvalue weighted by Gasteiger charge is 2.20. The lowest BCUT2D eigenvalue weighted by atomic mass is 10.0. The van der Waals surface area contributed by atoms with E-state index in [0.29, 0.717) is 6.04 Å². The Labute approximate surface area is 150 Å². The van der Waals surface area contributed by atoms with Crippen LogP contribution in [0.4, 0.5) is 10.1 Å². The number of rotatable bonds is 5. The molecule has 0 spiro atoms. The summed E-state index contributed by atoms with van der Waals surface area (Å²) in [5, 5.41) is 9.86. The van der Waals surface area contributed by atoms with E-state index in [9.17, 15) is 4.39 Å². The van der Waals surface area contributed by atoms with Crippen molar-refractivity contribution in [2.24, 2.45) is 0 Å². The molecule has 0 aromatic carbocycles. The Morgan fingerprint density at radius 2 is 2.12 bits per heavy atom. The quantitative estimate of drug-likeness (QED) is 0.759. The number of piperidine rings is 1. The van der Waals surface area contributed by atoms with Gasteiger partial charge < -0.3 is 5.32 Å². The van der Waals surface area contributed by atoms with Crippen molar-refractivity contribution in [2.45, 2.75) is 25.4 Å². The lowest BCUT2D eigenvalue weighted by molar-refractivity contribution is 0.213. The van der Waals surface area contributed by atoms with Crippen LogP contribution in [0.25, 0.3) is 5.82 Å². The van der Waals surface area contributed by atoms with Crippen LogP contribution in [0, 0.1) is 5.82 Å². The minimum atomic E-state index is -0.376. The van der Waals surface area contributed by atoms with Gasteiger partial charge in [0.15, 0.2) is 11.6 Å². The first-order valence-electron chi connectivity index (χ1n) is 8.45. The monoisotopic (exact) mass is 357 g/mol. The largest absolute Gasteiger partial charge is 0.380 e. The number of aromatic nitrogens is 3. The van der Waals surface area contributed by atoms with E-state index < -0.39 is 0 Å². The predicted octanol–water partition coefficient (Wildman–Crippen LogP) is 3.54. The number of nitrogens with zero attached hydrogens (tertiary/aromatic N) is 4. The Morgan fingerprint density at radius 1 is 1.24 bits per heavy atom. The molecule has 1 aliphatic heterocycles. The molecule has 4 heterocycles. The van der Waals surface area contributed by atoms with Crippen molar-refractivity contribution in [2.75, 3.05) is 18.4 Å². The predicted molar refractivity (Wildman–Crippen MR) is 97.6 cm³/mol. The molecule has 0 amide bonds. The third-order valence-corrected chi connectivity index (χ3v) is 5.32. The molecule has 1 aliphatic rings. The van der Waals surface area contributed by atoms with Crippen LogP contribution in [-0.4, -0.2) is 38.8 Å². The van der Waals surface area contributed by atoms with Crippen LogP contribution >= 0.6 is 11.3 Å². The first-order valence-corrected chi connectivity index (χ1v) is 9.33. The van der Waals surface area contributed by atoms with Gasteiger partial charge in [-0.05, 0) is 36.4 Å². The molecule has 0 bridgehead atoms. The highest BCUT2D eigenvalue weighted by Crippen LogP contribution is 2.20. The number of anilines is 1. The van der Waals surface area contributed by atoms with Crippen LogP contribution in [0.15, 0.2) is 48.2 Å². The zero-order valence-electron chi connectivity index (χ0n) is 13.8. The molecule has 3 aromatic rings. The summed E-state index contributed by atoms with van der Waals surface area (Å²) in [5.74, 6) is -0.152. The fourth-order valence-electron chi connectivity index (χ4n) is 3.15. The van der Waals surface area contributed by atoms with Gasteiger partial charge in [0.25, 0.3) is 0 Å². The van der Waals surface area contributed by atoms with Crippen molar-refractivity contribution >= 4 is 17.0 Å². The molecule has 1 fully saturated rings. The third kappa shape index (κ3) is 3.88. The molecule has 7 heteroatoms. The van der Waals surface area contributed by atoms with Crippen LogP contribution in [-0.2, 0) is 6.54 Å². The van der Waals surface area contributed by atoms with Gasteiger partial charge in [-0.3, -0.25) is 4.90 Å². The highest BCUT2D eigenvalue weighted by molar-refractivity contribution is 7.09. The van der Waals surface area contributed by atoms with E-state index in [0.717, 1.165) is 38.2 Å². The molecule has 0 unspecified atom stereocenters. The summed E-state index contributed by atoms with van der Waals surface area (Å²) >= 11 is 1.82. The Bertz CT molecular complexity index is 809. The normalized spacial score (nSPS) is 16.2. The van der Waals surface area contributed by atoms with Gasteiger partial charge in [-0.15, -0.1) is 11.3 Å². The standard InChI is InChI=1S/C18H20FN5S/c19-17-4-1-7-20-18(17)24-12-15(11-21-24)22-14-5-8-23(9-6-14)13-16-3-2-10-25-16/h1-4,7,10-12,14,22H,5-6,8-9,13H2. The third-order valence-electron chi connectivity index (χ3n) is 4.46. The van der Waals surface area contributed by atoms with Gasteiger partial charge in [-0.25, -0.2) is 14.1 Å². The molecule has 0 radical (unpaired) electrons. The van der Waals surface area contributed by atoms with Gasteiger partial charge in [0, 0.05) is 36.8 Å². The van der Waals surface area contributed by atoms with Gasteiger partial charge in [0.05, 0.1) is 18.1 Å². The summed E-state index contributed by atoms with van der Waals surface area (Å²) in [6.07, 6.45) is 7.27. The molecule has 130 valence electrons. The first-order chi connectivity index (χ1) is 12.3. The Balaban J connectivity index is 1.32. The number of nitrogens with one attached hydrogen (secondary N) is 1. The molecule has 4 rings (SSSR count). The lowest BCUT2D eigenvalue weighted by Gasteiger charge is -2.32. The Morgan fingerprint density at radius 3 is 2.88 bits per heavy atom. The maximum absolute atomic E-state index is 13.8. The summed E-state index contributed by atoms with van der Waals surface area (Å²) in [4.78, 5) is 7.96. The van der Waals surface area contributed by atoms with Gasteiger partial charge in [-0.2, -0.15) is 5.10 Å². The maximum Gasteiger partial charge on any atom is 0.189 e. The number of hydrogen-bond acceptors (Lipinski definition) is 5. The zero-order chi connectivity index (χ0) is 17.1. The van der Waals surface area contributed by atoms with Gasteiger partial charge in [0.2, 0.25) is 0 Å². The van der Waals surface area contributed by atoms with E-state index in [2.05, 4.69) is 37.8 Å². The smallest absolute Gasteiger partial charge is 0.189 e. The minimum absolute atomic E-state index is 0.223. The number of pyridine rings is 1. The van der Waals surface area contributed by atoms with Gasteiger partial charge in [0.1, 0.15) is 0 Å². The molecule has 5 nitrogen and oxygen atoms in total. The fourth-order valence-corrected chi connectivity index (χ4v) is 3.90. The number of thiophene rings is 1. The molecule has 1 saturated heterocycles. The topological polar surface area (TPSA) is 46.0 Å². The van der Waals surface area contributed by atoms with Crippen LogP contribution in [0.5, 0.6) is 0 Å². The van der Waals surface area contributed by atoms with E-state index in [-0.39, 0.29) is 11.6 Å². The second kappa shape index (κ2) is 7.33. The van der Waals surface area contributed by atoms with Crippen molar-refractivity contribution in [1.29, 1.82) is 0 Å². The molecule has 0 aliphatic carbocycles. The average molecular weight is 357 g/mol. The SMILES string of the molecule is Fc1cccnc1-n1cc(NC2CCN(Cc3cccs3)CC2)cn1. The molecule has 25 heavy (non-hydrogen) atoms. The van der Waals surface area contributed by atoms with E-state index >= 15 is 0 Å². The second-order valence-corrected chi connectivity index (χ2v) is 7.29. The number of hydrogen-bond donors (Lipinski definition) is 1. The second-order valence-electron chi connectivity index (χ2n) is 6.26. The molecular weight excluding hydrogens is 337 g/mol. The summed E-state index contributed by atoms with van der Waals surface area (Å²) < 4.78 is 15.3. The maximum atomic E-state index is 13.8. The summed E-state index contributed by atoms with van der Waals surface area (Å²) in [6.45, 7) is 3.21. The number of halogens is 1. The van der Waals surface area contributed by atoms with E-state index in [1.54, 1.807) is 24.7 Å². The highest BCUT2D eigenvalue weighted by atomic mass is 32.1. The average Bonchev–Trinajstić information content (AvgIpc) is 3.29. The van der Waals surface area contributed by atoms with Gasteiger partial charge >= 0.3 is 0 Å². The Hall–Kier alpha value is -2.25. The van der Waals surface area contributed by atoms with E-state index in [4.69, 9.17) is 0 Å². The van der Waals surface area contributed by atoms with Crippen LogP contribution in [0.1, 0.15) is 17.7 Å². The first kappa shape index (κ1) is 16.2. The van der Waals surface area contributed by atoms with E-state index in [1.807, 2.05) is 11.3 Å². The van der Waals surface area contributed by atoms with Crippen LogP contribution in [0.2, 0.25) is 0 Å². The summed E-state index contributed by atoms with van der Waals surface area (Å²) in [5.41, 5.74) is 0.904. The molecular formula is C18H20FN5S. The molecule has 1 N–H and O–H groups in total.